The van der Waals surface area contributed by atoms with Crippen molar-refractivity contribution in [3.05, 3.63) is 12.7 Å². The standard InChI is InChI=1S/C13H24N2O/c1-6-12(16)10-14-7-8-15(11(2)9-14)13(3,4)5/h6,11H,1,7-10H2,2-5H3/t11-/m1/s1. The van der Waals surface area contributed by atoms with Gasteiger partial charge in [-0.3, -0.25) is 14.6 Å². The maximum atomic E-state index is 11.3. The van der Waals surface area contributed by atoms with Crippen LogP contribution >= 0.6 is 0 Å². The molecule has 0 N–H and O–H groups in total. The van der Waals surface area contributed by atoms with Crippen molar-refractivity contribution in [2.75, 3.05) is 26.2 Å². The van der Waals surface area contributed by atoms with Crippen LogP contribution < -0.4 is 0 Å². The molecule has 0 aromatic carbocycles. The van der Waals surface area contributed by atoms with Gasteiger partial charge in [-0.1, -0.05) is 6.58 Å². The molecule has 0 radical (unpaired) electrons. The smallest absolute Gasteiger partial charge is 0.169 e. The first-order chi connectivity index (χ1) is 7.34. The summed E-state index contributed by atoms with van der Waals surface area (Å²) in [6.45, 7) is 16.0. The van der Waals surface area contributed by atoms with Gasteiger partial charge in [0.2, 0.25) is 0 Å². The number of carbonyl (C=O) groups is 1. The molecule has 1 rings (SSSR count). The Balaban J connectivity index is 2.52. The van der Waals surface area contributed by atoms with E-state index < -0.39 is 0 Å². The van der Waals surface area contributed by atoms with Gasteiger partial charge in [0.15, 0.2) is 5.78 Å². The van der Waals surface area contributed by atoms with Gasteiger partial charge in [0, 0.05) is 31.2 Å². The Morgan fingerprint density at radius 2 is 2.06 bits per heavy atom. The molecule has 0 aromatic heterocycles. The molecule has 92 valence electrons. The summed E-state index contributed by atoms with van der Waals surface area (Å²) in [7, 11) is 0. The van der Waals surface area contributed by atoms with Gasteiger partial charge >= 0.3 is 0 Å². The van der Waals surface area contributed by atoms with Crippen molar-refractivity contribution in [2.45, 2.75) is 39.3 Å². The Labute approximate surface area is 99.1 Å². The second-order valence-corrected chi connectivity index (χ2v) is 5.62. The topological polar surface area (TPSA) is 23.6 Å². The predicted molar refractivity (Wildman–Crippen MR) is 67.6 cm³/mol. The Morgan fingerprint density at radius 3 is 2.50 bits per heavy atom. The van der Waals surface area contributed by atoms with Gasteiger partial charge in [-0.05, 0) is 33.8 Å². The first-order valence-electron chi connectivity index (χ1n) is 5.99. The number of nitrogens with zero attached hydrogens (tertiary/aromatic N) is 2. The Hall–Kier alpha value is -0.670. The van der Waals surface area contributed by atoms with Crippen LogP contribution in [-0.2, 0) is 4.79 Å². The van der Waals surface area contributed by atoms with E-state index in [2.05, 4.69) is 44.1 Å². The van der Waals surface area contributed by atoms with Crippen molar-refractivity contribution in [2.24, 2.45) is 0 Å². The fourth-order valence-electron chi connectivity index (χ4n) is 2.46. The van der Waals surface area contributed by atoms with Crippen molar-refractivity contribution >= 4 is 5.78 Å². The molecule has 0 saturated carbocycles. The SMILES string of the molecule is C=CC(=O)CN1CCN(C(C)(C)C)[C@H](C)C1. The van der Waals surface area contributed by atoms with Crippen LogP contribution in [-0.4, -0.2) is 53.3 Å². The summed E-state index contributed by atoms with van der Waals surface area (Å²) in [6, 6.07) is 0.506. The van der Waals surface area contributed by atoms with Gasteiger partial charge in [-0.25, -0.2) is 0 Å². The average molecular weight is 224 g/mol. The largest absolute Gasteiger partial charge is 0.293 e. The summed E-state index contributed by atoms with van der Waals surface area (Å²) in [4.78, 5) is 16.0. The second-order valence-electron chi connectivity index (χ2n) is 5.62. The van der Waals surface area contributed by atoms with Crippen LogP contribution in [0, 0.1) is 0 Å². The van der Waals surface area contributed by atoms with E-state index in [-0.39, 0.29) is 11.3 Å². The van der Waals surface area contributed by atoms with Crippen LogP contribution in [0.3, 0.4) is 0 Å². The van der Waals surface area contributed by atoms with Gasteiger partial charge in [0.1, 0.15) is 0 Å². The van der Waals surface area contributed by atoms with Crippen LogP contribution in [0.4, 0.5) is 0 Å². The molecule has 1 heterocycles. The van der Waals surface area contributed by atoms with E-state index in [0.717, 1.165) is 19.6 Å². The zero-order valence-electron chi connectivity index (χ0n) is 11.0. The van der Waals surface area contributed by atoms with Gasteiger partial charge in [0.05, 0.1) is 6.54 Å². The molecule has 16 heavy (non-hydrogen) atoms. The summed E-state index contributed by atoms with van der Waals surface area (Å²) in [6.07, 6.45) is 1.42. The second kappa shape index (κ2) is 5.11. The van der Waals surface area contributed by atoms with E-state index in [9.17, 15) is 4.79 Å². The minimum atomic E-state index is 0.122. The summed E-state index contributed by atoms with van der Waals surface area (Å²) >= 11 is 0. The lowest BCUT2D eigenvalue weighted by atomic mass is 10.0. The third-order valence-corrected chi connectivity index (χ3v) is 3.18. The van der Waals surface area contributed by atoms with Crippen LogP contribution in [0.25, 0.3) is 0 Å². The van der Waals surface area contributed by atoms with E-state index in [1.54, 1.807) is 0 Å². The molecule has 1 aliphatic rings. The minimum absolute atomic E-state index is 0.122. The van der Waals surface area contributed by atoms with Crippen molar-refractivity contribution in [3.63, 3.8) is 0 Å². The molecule has 1 fully saturated rings. The number of hydrogen-bond donors (Lipinski definition) is 0. The van der Waals surface area contributed by atoms with Crippen LogP contribution in [0.1, 0.15) is 27.7 Å². The number of carbonyl (C=O) groups excluding carboxylic acids is 1. The Kier molecular flexibility index (Phi) is 4.28. The Bertz CT molecular complexity index is 268. The van der Waals surface area contributed by atoms with Crippen LogP contribution in [0.5, 0.6) is 0 Å². The molecule has 0 aliphatic carbocycles. The third-order valence-electron chi connectivity index (χ3n) is 3.18. The monoisotopic (exact) mass is 224 g/mol. The number of rotatable bonds is 3. The van der Waals surface area contributed by atoms with Crippen LogP contribution in [0.2, 0.25) is 0 Å². The minimum Gasteiger partial charge on any atom is -0.293 e. The number of hydrogen-bond acceptors (Lipinski definition) is 3. The van der Waals surface area contributed by atoms with Crippen molar-refractivity contribution in [1.82, 2.24) is 9.80 Å². The highest BCUT2D eigenvalue weighted by atomic mass is 16.1. The van der Waals surface area contributed by atoms with E-state index in [0.29, 0.717) is 12.6 Å². The molecule has 3 heteroatoms. The first-order valence-corrected chi connectivity index (χ1v) is 5.99. The van der Waals surface area contributed by atoms with Crippen molar-refractivity contribution in [3.8, 4) is 0 Å². The number of piperazine rings is 1. The maximum absolute atomic E-state index is 11.3. The normalized spacial score (nSPS) is 24.4. The zero-order chi connectivity index (χ0) is 12.3. The molecular formula is C13H24N2O. The number of ketones is 1. The molecule has 3 nitrogen and oxygen atoms in total. The summed E-state index contributed by atoms with van der Waals surface area (Å²) in [5.41, 5.74) is 0.216. The molecule has 1 atom stereocenters. The van der Waals surface area contributed by atoms with Crippen molar-refractivity contribution in [1.29, 1.82) is 0 Å². The van der Waals surface area contributed by atoms with Crippen molar-refractivity contribution < 1.29 is 4.79 Å². The predicted octanol–water partition coefficient (Wildman–Crippen LogP) is 1.55. The lowest BCUT2D eigenvalue weighted by Crippen LogP contribution is -2.58. The molecule has 0 spiro atoms. The van der Waals surface area contributed by atoms with E-state index in [4.69, 9.17) is 0 Å². The fourth-order valence-corrected chi connectivity index (χ4v) is 2.46. The van der Waals surface area contributed by atoms with Gasteiger partial charge in [0.25, 0.3) is 0 Å². The summed E-state index contributed by atoms with van der Waals surface area (Å²) in [5.74, 6) is 0.122. The molecule has 0 bridgehead atoms. The summed E-state index contributed by atoms with van der Waals surface area (Å²) < 4.78 is 0. The first kappa shape index (κ1) is 13.4. The average Bonchev–Trinajstić information content (AvgIpc) is 2.15. The van der Waals surface area contributed by atoms with E-state index >= 15 is 0 Å². The highest BCUT2D eigenvalue weighted by Gasteiger charge is 2.31. The molecule has 1 saturated heterocycles. The molecule has 1 aliphatic heterocycles. The highest BCUT2D eigenvalue weighted by Crippen LogP contribution is 2.20. The maximum Gasteiger partial charge on any atom is 0.169 e. The lowest BCUT2D eigenvalue weighted by molar-refractivity contribution is -0.116. The molecule has 0 aromatic rings. The van der Waals surface area contributed by atoms with E-state index in [1.165, 1.54) is 6.08 Å². The summed E-state index contributed by atoms with van der Waals surface area (Å²) in [5, 5.41) is 0. The highest BCUT2D eigenvalue weighted by molar-refractivity contribution is 5.90. The van der Waals surface area contributed by atoms with Gasteiger partial charge in [-0.15, -0.1) is 0 Å². The van der Waals surface area contributed by atoms with Crippen LogP contribution in [0.15, 0.2) is 12.7 Å². The third kappa shape index (κ3) is 3.42. The lowest BCUT2D eigenvalue weighted by Gasteiger charge is -2.46. The molecule has 0 unspecified atom stereocenters. The van der Waals surface area contributed by atoms with E-state index in [1.807, 2.05) is 0 Å². The van der Waals surface area contributed by atoms with Gasteiger partial charge < -0.3 is 0 Å². The fraction of sp³-hybridized carbons (Fsp3) is 0.769. The molecule has 0 amide bonds. The Morgan fingerprint density at radius 1 is 1.44 bits per heavy atom. The molecular weight excluding hydrogens is 200 g/mol. The van der Waals surface area contributed by atoms with Gasteiger partial charge in [-0.2, -0.15) is 0 Å². The zero-order valence-corrected chi connectivity index (χ0v) is 11.0. The quantitative estimate of drug-likeness (QED) is 0.680.